The van der Waals surface area contributed by atoms with Gasteiger partial charge in [-0.2, -0.15) is 12.6 Å². The maximum Gasteiger partial charge on any atom is 0.0871 e. The quantitative estimate of drug-likeness (QED) is 0.176. The number of thiol groups is 1. The lowest BCUT2D eigenvalue weighted by Gasteiger charge is -2.29. The monoisotopic (exact) mass is 330 g/mol. The van der Waals surface area contributed by atoms with E-state index in [4.69, 9.17) is 0 Å². The minimum atomic E-state index is 1.01. The third-order valence-corrected chi connectivity index (χ3v) is 5.02. The lowest BCUT2D eigenvalue weighted by molar-refractivity contribution is -0.888. The van der Waals surface area contributed by atoms with Gasteiger partial charge in [0.2, 0.25) is 0 Å². The van der Waals surface area contributed by atoms with Crippen molar-refractivity contribution in [2.75, 3.05) is 32.9 Å². The molecule has 0 aliphatic rings. The molecule has 0 bridgehead atoms. The van der Waals surface area contributed by atoms with Crippen LogP contribution in [0.5, 0.6) is 0 Å². The van der Waals surface area contributed by atoms with Crippen LogP contribution >= 0.6 is 12.6 Å². The zero-order chi connectivity index (χ0) is 16.5. The van der Waals surface area contributed by atoms with E-state index in [-0.39, 0.29) is 0 Å². The average molecular weight is 331 g/mol. The Hall–Kier alpha value is 0.310. The summed E-state index contributed by atoms with van der Waals surface area (Å²) in [6, 6.07) is 0. The van der Waals surface area contributed by atoms with Crippen LogP contribution in [0.3, 0.4) is 0 Å². The van der Waals surface area contributed by atoms with Crippen LogP contribution in [0.4, 0.5) is 0 Å². The Morgan fingerprint density at radius 1 is 0.545 bits per heavy atom. The Balaban J connectivity index is 3.11. The van der Waals surface area contributed by atoms with E-state index in [2.05, 4.69) is 33.6 Å². The summed E-state index contributed by atoms with van der Waals surface area (Å²) in [5.41, 5.74) is 0. The fourth-order valence-corrected chi connectivity index (χ4v) is 3.66. The highest BCUT2D eigenvalue weighted by atomic mass is 32.1. The van der Waals surface area contributed by atoms with Gasteiger partial charge in [0.25, 0.3) is 0 Å². The lowest BCUT2D eigenvalue weighted by Crippen LogP contribution is -2.41. The van der Waals surface area contributed by atoms with Gasteiger partial charge in [0.15, 0.2) is 0 Å². The number of hydrogen-bond donors (Lipinski definition) is 1. The third kappa shape index (κ3) is 16.7. The number of hydrogen-bond acceptors (Lipinski definition) is 1. The summed E-state index contributed by atoms with van der Waals surface area (Å²) in [4.78, 5) is 0. The highest BCUT2D eigenvalue weighted by molar-refractivity contribution is 7.80. The molecule has 0 spiro atoms. The van der Waals surface area contributed by atoms with Crippen molar-refractivity contribution in [3.8, 4) is 0 Å². The van der Waals surface area contributed by atoms with Gasteiger partial charge in [0.05, 0.1) is 27.2 Å². The van der Waals surface area contributed by atoms with E-state index in [9.17, 15) is 0 Å². The van der Waals surface area contributed by atoms with Gasteiger partial charge in [-0.25, -0.2) is 0 Å². The maximum absolute atomic E-state index is 4.35. The van der Waals surface area contributed by atoms with Crippen LogP contribution < -0.4 is 0 Å². The number of quaternary nitrogens is 1. The summed E-state index contributed by atoms with van der Waals surface area (Å²) < 4.78 is 1.14. The zero-order valence-electron chi connectivity index (χ0n) is 15.9. The molecule has 1 nitrogen and oxygen atoms in total. The summed E-state index contributed by atoms with van der Waals surface area (Å²) in [7, 11) is 4.66. The molecule has 2 heteroatoms. The molecule has 0 saturated heterocycles. The van der Waals surface area contributed by atoms with Gasteiger partial charge in [-0.05, 0) is 12.8 Å². The minimum absolute atomic E-state index is 1.01. The molecule has 0 aliphatic heterocycles. The first-order valence-electron chi connectivity index (χ1n) is 10.1. The average Bonchev–Trinajstić information content (AvgIpc) is 2.47. The van der Waals surface area contributed by atoms with Gasteiger partial charge >= 0.3 is 0 Å². The SMILES string of the molecule is CCCCCCCCCCCCCCCC[N+](C)(C)CCS. The van der Waals surface area contributed by atoms with Crippen molar-refractivity contribution in [2.24, 2.45) is 0 Å². The van der Waals surface area contributed by atoms with Crippen LogP contribution in [0, 0.1) is 0 Å². The van der Waals surface area contributed by atoms with Crippen LogP contribution in [0.1, 0.15) is 96.8 Å². The fourth-order valence-electron chi connectivity index (χ4n) is 3.12. The minimum Gasteiger partial charge on any atom is -0.328 e. The van der Waals surface area contributed by atoms with Crippen molar-refractivity contribution >= 4 is 12.6 Å². The largest absolute Gasteiger partial charge is 0.328 e. The van der Waals surface area contributed by atoms with E-state index in [1.165, 1.54) is 103 Å². The third-order valence-electron chi connectivity index (χ3n) is 4.82. The van der Waals surface area contributed by atoms with Gasteiger partial charge in [-0.3, -0.25) is 0 Å². The first-order valence-corrected chi connectivity index (χ1v) is 10.7. The molecule has 0 aliphatic carbocycles. The molecule has 0 heterocycles. The van der Waals surface area contributed by atoms with Crippen LogP contribution in [0.2, 0.25) is 0 Å². The van der Waals surface area contributed by atoms with E-state index in [0.717, 1.165) is 10.2 Å². The molecular weight excluding hydrogens is 286 g/mol. The molecule has 0 aromatic heterocycles. The van der Waals surface area contributed by atoms with Crippen LogP contribution in [0.15, 0.2) is 0 Å². The van der Waals surface area contributed by atoms with Gasteiger partial charge < -0.3 is 4.48 Å². The normalized spacial score (nSPS) is 12.0. The Bertz CT molecular complexity index is 216. The highest BCUT2D eigenvalue weighted by Crippen LogP contribution is 2.13. The Labute approximate surface area is 147 Å². The lowest BCUT2D eigenvalue weighted by atomic mass is 10.0. The van der Waals surface area contributed by atoms with Crippen molar-refractivity contribution in [1.82, 2.24) is 0 Å². The standard InChI is InChI=1S/C20H43NS/c1-4-5-6-7-8-9-10-11-12-13-14-15-16-17-18-21(2,3)19-20-22/h4-20H2,1-3H3/p+1. The molecule has 22 heavy (non-hydrogen) atoms. The second-order valence-corrected chi connectivity index (χ2v) is 8.15. The van der Waals surface area contributed by atoms with Crippen LogP contribution in [-0.4, -0.2) is 37.4 Å². The maximum atomic E-state index is 4.35. The van der Waals surface area contributed by atoms with Gasteiger partial charge in [-0.1, -0.05) is 84.0 Å². The Morgan fingerprint density at radius 2 is 0.909 bits per heavy atom. The number of rotatable bonds is 17. The molecule has 0 unspecified atom stereocenters. The van der Waals surface area contributed by atoms with E-state index < -0.39 is 0 Å². The van der Waals surface area contributed by atoms with Gasteiger partial charge in [-0.15, -0.1) is 0 Å². The molecule has 0 radical (unpaired) electrons. The van der Waals surface area contributed by atoms with Crippen LogP contribution in [-0.2, 0) is 0 Å². The summed E-state index contributed by atoms with van der Waals surface area (Å²) in [5, 5.41) is 0. The molecule has 0 rings (SSSR count). The van der Waals surface area contributed by atoms with Crippen molar-refractivity contribution in [1.29, 1.82) is 0 Å². The van der Waals surface area contributed by atoms with Gasteiger partial charge in [0.1, 0.15) is 0 Å². The zero-order valence-corrected chi connectivity index (χ0v) is 16.8. The number of unbranched alkanes of at least 4 members (excludes halogenated alkanes) is 13. The summed E-state index contributed by atoms with van der Waals surface area (Å²) >= 11 is 4.35. The molecule has 0 aromatic rings. The van der Waals surface area contributed by atoms with E-state index >= 15 is 0 Å². The summed E-state index contributed by atoms with van der Waals surface area (Å²) in [6.45, 7) is 4.81. The van der Waals surface area contributed by atoms with E-state index in [1.807, 2.05) is 0 Å². The van der Waals surface area contributed by atoms with E-state index in [0.29, 0.717) is 0 Å². The molecule has 0 aromatic carbocycles. The molecule has 0 fully saturated rings. The molecule has 0 N–H and O–H groups in total. The second kappa shape index (κ2) is 16.2. The molecular formula is C20H44NS+. The fraction of sp³-hybridized carbons (Fsp3) is 1.00. The highest BCUT2D eigenvalue weighted by Gasteiger charge is 2.12. The molecule has 134 valence electrons. The van der Waals surface area contributed by atoms with Gasteiger partial charge in [0, 0.05) is 5.75 Å². The first-order chi connectivity index (χ1) is 10.6. The van der Waals surface area contributed by atoms with Crippen molar-refractivity contribution < 1.29 is 4.48 Å². The molecule has 0 saturated carbocycles. The van der Waals surface area contributed by atoms with E-state index in [1.54, 1.807) is 0 Å². The van der Waals surface area contributed by atoms with Crippen LogP contribution in [0.25, 0.3) is 0 Å². The molecule has 0 atom stereocenters. The predicted octanol–water partition coefficient (Wildman–Crippen LogP) is 6.47. The smallest absolute Gasteiger partial charge is 0.0871 e. The van der Waals surface area contributed by atoms with Crippen molar-refractivity contribution in [3.05, 3.63) is 0 Å². The summed E-state index contributed by atoms with van der Waals surface area (Å²) in [6.07, 6.45) is 20.3. The Morgan fingerprint density at radius 3 is 1.27 bits per heavy atom. The first kappa shape index (κ1) is 22.3. The molecule has 0 amide bonds. The predicted molar refractivity (Wildman–Crippen MR) is 106 cm³/mol. The second-order valence-electron chi connectivity index (χ2n) is 7.70. The van der Waals surface area contributed by atoms with Crippen molar-refractivity contribution in [2.45, 2.75) is 96.8 Å². The number of nitrogens with zero attached hydrogens (tertiary/aromatic N) is 1. The Kier molecular flexibility index (Phi) is 16.4. The van der Waals surface area contributed by atoms with Crippen molar-refractivity contribution in [3.63, 3.8) is 0 Å². The topological polar surface area (TPSA) is 0 Å². The summed E-state index contributed by atoms with van der Waals surface area (Å²) in [5.74, 6) is 1.01.